The molecule has 0 saturated carbocycles. The Morgan fingerprint density at radius 1 is 1.44 bits per heavy atom. The number of nitrogens with one attached hydrogen (secondary N) is 1. The van der Waals surface area contributed by atoms with Gasteiger partial charge in [0, 0.05) is 38.8 Å². The monoisotopic (exact) mass is 249 g/mol. The molecule has 2 aromatic rings. The predicted octanol–water partition coefficient (Wildman–Crippen LogP) is 1.11. The van der Waals surface area contributed by atoms with Crippen molar-refractivity contribution in [3.63, 3.8) is 0 Å². The van der Waals surface area contributed by atoms with Crippen LogP contribution in [-0.2, 0) is 18.3 Å². The zero-order chi connectivity index (χ0) is 13.0. The minimum absolute atomic E-state index is 0.225. The minimum Gasteiger partial charge on any atom is -0.383 e. The predicted molar refractivity (Wildman–Crippen MR) is 69.5 cm³/mol. The highest BCUT2D eigenvalue weighted by molar-refractivity contribution is 5.28. The number of hydrogen-bond donors (Lipinski definition) is 1. The van der Waals surface area contributed by atoms with Crippen LogP contribution in [0.4, 0.5) is 5.95 Å². The van der Waals surface area contributed by atoms with Gasteiger partial charge in [0.2, 0.25) is 5.95 Å². The van der Waals surface area contributed by atoms with Crippen LogP contribution in [0.15, 0.2) is 24.7 Å². The Labute approximate surface area is 107 Å². The van der Waals surface area contributed by atoms with E-state index in [9.17, 15) is 0 Å². The molecule has 1 N–H and O–H groups in total. The number of anilines is 1. The number of nitrogens with zero attached hydrogens (tertiary/aromatic N) is 4. The zero-order valence-electron chi connectivity index (χ0n) is 11.0. The molecule has 6 heteroatoms. The summed E-state index contributed by atoms with van der Waals surface area (Å²) in [7, 11) is 3.63. The highest BCUT2D eigenvalue weighted by atomic mass is 16.5. The van der Waals surface area contributed by atoms with Gasteiger partial charge in [0.05, 0.1) is 18.8 Å². The number of imidazole rings is 1. The molecule has 0 saturated heterocycles. The van der Waals surface area contributed by atoms with E-state index >= 15 is 0 Å². The van der Waals surface area contributed by atoms with Crippen molar-refractivity contribution in [3.05, 3.63) is 30.4 Å². The van der Waals surface area contributed by atoms with Crippen LogP contribution in [0.3, 0.4) is 0 Å². The molecule has 2 heterocycles. The van der Waals surface area contributed by atoms with E-state index in [0.717, 1.165) is 18.2 Å². The topological polar surface area (TPSA) is 56.9 Å². The third-order valence-corrected chi connectivity index (χ3v) is 2.76. The van der Waals surface area contributed by atoms with Crippen molar-refractivity contribution in [2.75, 3.05) is 19.0 Å². The SMILES string of the molecule is COCC(C)Nc1nccn1Cc1ccnn1C. The van der Waals surface area contributed by atoms with E-state index in [1.165, 1.54) is 0 Å². The van der Waals surface area contributed by atoms with Crippen molar-refractivity contribution in [1.82, 2.24) is 19.3 Å². The van der Waals surface area contributed by atoms with Gasteiger partial charge < -0.3 is 14.6 Å². The third-order valence-electron chi connectivity index (χ3n) is 2.76. The van der Waals surface area contributed by atoms with Crippen molar-refractivity contribution < 1.29 is 4.74 Å². The van der Waals surface area contributed by atoms with E-state index in [2.05, 4.69) is 26.9 Å². The van der Waals surface area contributed by atoms with Crippen LogP contribution in [0.1, 0.15) is 12.6 Å². The number of methoxy groups -OCH3 is 1. The van der Waals surface area contributed by atoms with Crippen molar-refractivity contribution in [2.45, 2.75) is 19.5 Å². The third kappa shape index (κ3) is 2.89. The van der Waals surface area contributed by atoms with Crippen molar-refractivity contribution in [3.8, 4) is 0 Å². The molecule has 98 valence electrons. The maximum atomic E-state index is 5.10. The fourth-order valence-corrected chi connectivity index (χ4v) is 1.82. The summed E-state index contributed by atoms with van der Waals surface area (Å²) in [4.78, 5) is 4.32. The fourth-order valence-electron chi connectivity index (χ4n) is 1.82. The van der Waals surface area contributed by atoms with E-state index in [1.54, 1.807) is 19.5 Å². The Morgan fingerprint density at radius 3 is 2.94 bits per heavy atom. The summed E-state index contributed by atoms with van der Waals surface area (Å²) in [5.74, 6) is 0.848. The number of aryl methyl sites for hydroxylation is 1. The van der Waals surface area contributed by atoms with E-state index in [1.807, 2.05) is 24.0 Å². The highest BCUT2D eigenvalue weighted by Gasteiger charge is 2.08. The number of hydrogen-bond acceptors (Lipinski definition) is 4. The molecule has 0 fully saturated rings. The van der Waals surface area contributed by atoms with Crippen LogP contribution in [0.2, 0.25) is 0 Å². The van der Waals surface area contributed by atoms with Gasteiger partial charge in [-0.1, -0.05) is 0 Å². The van der Waals surface area contributed by atoms with Gasteiger partial charge in [-0.15, -0.1) is 0 Å². The maximum absolute atomic E-state index is 5.10. The van der Waals surface area contributed by atoms with Crippen LogP contribution in [0.5, 0.6) is 0 Å². The first-order chi connectivity index (χ1) is 8.70. The molecule has 2 rings (SSSR count). The average molecular weight is 249 g/mol. The van der Waals surface area contributed by atoms with E-state index < -0.39 is 0 Å². The standard InChI is InChI=1S/C12H19N5O/c1-10(9-18-3)15-12-13-6-7-17(12)8-11-4-5-14-16(11)2/h4-7,10H,8-9H2,1-3H3,(H,13,15). The Kier molecular flexibility index (Phi) is 3.99. The summed E-state index contributed by atoms with van der Waals surface area (Å²) in [6, 6.07) is 2.23. The minimum atomic E-state index is 0.225. The summed E-state index contributed by atoms with van der Waals surface area (Å²) in [5, 5.41) is 7.48. The lowest BCUT2D eigenvalue weighted by atomic mass is 10.4. The number of aromatic nitrogens is 4. The van der Waals surface area contributed by atoms with Gasteiger partial charge in [-0.25, -0.2) is 4.98 Å². The lowest BCUT2D eigenvalue weighted by Gasteiger charge is -2.15. The van der Waals surface area contributed by atoms with Crippen LogP contribution >= 0.6 is 0 Å². The largest absolute Gasteiger partial charge is 0.383 e. The second-order valence-corrected chi connectivity index (χ2v) is 4.33. The second kappa shape index (κ2) is 5.68. The molecular formula is C12H19N5O. The van der Waals surface area contributed by atoms with Crippen molar-refractivity contribution in [2.24, 2.45) is 7.05 Å². The smallest absolute Gasteiger partial charge is 0.203 e. The normalized spacial score (nSPS) is 12.6. The molecule has 0 radical (unpaired) electrons. The number of ether oxygens (including phenoxy) is 1. The van der Waals surface area contributed by atoms with Gasteiger partial charge >= 0.3 is 0 Å². The maximum Gasteiger partial charge on any atom is 0.203 e. The Hall–Kier alpha value is -1.82. The molecule has 0 amide bonds. The van der Waals surface area contributed by atoms with E-state index in [4.69, 9.17) is 4.74 Å². The Balaban J connectivity index is 2.06. The first-order valence-electron chi connectivity index (χ1n) is 5.94. The van der Waals surface area contributed by atoms with Crippen molar-refractivity contribution >= 4 is 5.95 Å². The molecule has 1 atom stereocenters. The lowest BCUT2D eigenvalue weighted by Crippen LogP contribution is -2.23. The molecule has 0 aliphatic carbocycles. The lowest BCUT2D eigenvalue weighted by molar-refractivity contribution is 0.190. The molecule has 0 aliphatic heterocycles. The summed E-state index contributed by atoms with van der Waals surface area (Å²) >= 11 is 0. The first-order valence-corrected chi connectivity index (χ1v) is 5.94. The molecule has 2 aromatic heterocycles. The molecule has 0 spiro atoms. The molecule has 1 unspecified atom stereocenters. The van der Waals surface area contributed by atoms with Gasteiger partial charge in [0.25, 0.3) is 0 Å². The van der Waals surface area contributed by atoms with Gasteiger partial charge in [-0.3, -0.25) is 4.68 Å². The van der Waals surface area contributed by atoms with Crippen LogP contribution in [0.25, 0.3) is 0 Å². The fraction of sp³-hybridized carbons (Fsp3) is 0.500. The van der Waals surface area contributed by atoms with Gasteiger partial charge in [-0.05, 0) is 13.0 Å². The van der Waals surface area contributed by atoms with E-state index in [-0.39, 0.29) is 6.04 Å². The van der Waals surface area contributed by atoms with Gasteiger partial charge in [-0.2, -0.15) is 5.10 Å². The summed E-state index contributed by atoms with van der Waals surface area (Å²) < 4.78 is 9.03. The zero-order valence-corrected chi connectivity index (χ0v) is 11.0. The molecular weight excluding hydrogens is 230 g/mol. The summed E-state index contributed by atoms with van der Waals surface area (Å²) in [5.41, 5.74) is 1.13. The average Bonchev–Trinajstić information content (AvgIpc) is 2.91. The van der Waals surface area contributed by atoms with Crippen LogP contribution in [0, 0.1) is 0 Å². The number of rotatable bonds is 6. The van der Waals surface area contributed by atoms with Crippen molar-refractivity contribution in [1.29, 1.82) is 0 Å². The Bertz CT molecular complexity index is 490. The molecule has 0 aromatic carbocycles. The second-order valence-electron chi connectivity index (χ2n) is 4.33. The summed E-state index contributed by atoms with van der Waals surface area (Å²) in [6.07, 6.45) is 5.54. The van der Waals surface area contributed by atoms with Gasteiger partial charge in [0.15, 0.2) is 0 Å². The van der Waals surface area contributed by atoms with E-state index in [0.29, 0.717) is 6.61 Å². The molecule has 0 bridgehead atoms. The molecule has 0 aliphatic rings. The first kappa shape index (κ1) is 12.6. The van der Waals surface area contributed by atoms with Crippen LogP contribution < -0.4 is 5.32 Å². The van der Waals surface area contributed by atoms with Crippen LogP contribution in [-0.4, -0.2) is 39.1 Å². The Morgan fingerprint density at radius 2 is 2.28 bits per heavy atom. The summed E-state index contributed by atoms with van der Waals surface area (Å²) in [6.45, 7) is 3.46. The molecule has 6 nitrogen and oxygen atoms in total. The highest BCUT2D eigenvalue weighted by Crippen LogP contribution is 2.09. The quantitative estimate of drug-likeness (QED) is 0.833. The molecule has 18 heavy (non-hydrogen) atoms. The van der Waals surface area contributed by atoms with Gasteiger partial charge in [0.1, 0.15) is 0 Å².